The Kier molecular flexibility index (Phi) is 3.10. The second-order valence-corrected chi connectivity index (χ2v) is 4.51. The van der Waals surface area contributed by atoms with Crippen LogP contribution in [0.25, 0.3) is 0 Å². The maximum atomic E-state index is 8.85. The van der Waals surface area contributed by atoms with E-state index in [-0.39, 0.29) is 5.41 Å². The van der Waals surface area contributed by atoms with Crippen LogP contribution in [-0.4, -0.2) is 37.5 Å². The molecule has 14 heavy (non-hydrogen) atoms. The molecule has 0 aliphatic heterocycles. The molecular formula is C7H13N5OS. The highest BCUT2D eigenvalue weighted by atomic mass is 32.2. The first-order valence-corrected chi connectivity index (χ1v) is 5.28. The third-order valence-corrected chi connectivity index (χ3v) is 2.06. The lowest BCUT2D eigenvalue weighted by atomic mass is 9.95. The van der Waals surface area contributed by atoms with Gasteiger partial charge in [0.2, 0.25) is 5.16 Å². The van der Waals surface area contributed by atoms with E-state index in [1.54, 1.807) is 0 Å². The quantitative estimate of drug-likeness (QED) is 0.249. The molecule has 0 aliphatic carbocycles. The van der Waals surface area contributed by atoms with Crippen LogP contribution in [0.1, 0.15) is 20.8 Å². The highest BCUT2D eigenvalue weighted by Crippen LogP contribution is 2.16. The minimum atomic E-state index is -0.328. The lowest BCUT2D eigenvalue weighted by molar-refractivity contribution is 0.304. The summed E-state index contributed by atoms with van der Waals surface area (Å²) in [7, 11) is 0. The number of rotatable bonds is 1. The summed E-state index contributed by atoms with van der Waals surface area (Å²) in [6, 6.07) is 0. The predicted octanol–water partition coefficient (Wildman–Crippen LogP) is 1.08. The molecule has 1 heterocycles. The molecule has 0 saturated carbocycles. The molecular weight excluding hydrogens is 202 g/mol. The average molecular weight is 215 g/mol. The molecule has 6 nitrogen and oxygen atoms in total. The first-order chi connectivity index (χ1) is 6.49. The van der Waals surface area contributed by atoms with Crippen LogP contribution >= 0.6 is 11.8 Å². The van der Waals surface area contributed by atoms with Crippen LogP contribution in [0.4, 0.5) is 0 Å². The normalized spacial score (nSPS) is 13.3. The van der Waals surface area contributed by atoms with Gasteiger partial charge in [-0.2, -0.15) is 0 Å². The van der Waals surface area contributed by atoms with Crippen molar-refractivity contribution in [1.82, 2.24) is 20.2 Å². The Morgan fingerprint density at radius 2 is 2.14 bits per heavy atom. The van der Waals surface area contributed by atoms with Gasteiger partial charge in [0.05, 0.1) is 0 Å². The minimum Gasteiger partial charge on any atom is -0.409 e. The van der Waals surface area contributed by atoms with E-state index in [9.17, 15) is 0 Å². The smallest absolute Gasteiger partial charge is 0.231 e. The number of oxime groups is 1. The Labute approximate surface area is 86.4 Å². The van der Waals surface area contributed by atoms with Gasteiger partial charge in [-0.05, 0) is 11.5 Å². The first kappa shape index (κ1) is 11.0. The van der Waals surface area contributed by atoms with Crippen LogP contribution in [0.15, 0.2) is 10.3 Å². The largest absolute Gasteiger partial charge is 0.409 e. The zero-order valence-electron chi connectivity index (χ0n) is 8.59. The van der Waals surface area contributed by atoms with Crippen LogP contribution in [0.3, 0.4) is 0 Å². The van der Waals surface area contributed by atoms with E-state index in [1.807, 2.05) is 27.0 Å². The molecule has 0 bridgehead atoms. The summed E-state index contributed by atoms with van der Waals surface area (Å²) in [5.41, 5.74) is -0.328. The second-order valence-electron chi connectivity index (χ2n) is 3.74. The molecule has 0 fully saturated rings. The number of hydrogen-bond acceptors (Lipinski definition) is 6. The van der Waals surface area contributed by atoms with Crippen LogP contribution in [0, 0.1) is 5.41 Å². The van der Waals surface area contributed by atoms with Gasteiger partial charge in [0.25, 0.3) is 0 Å². The minimum absolute atomic E-state index is 0.328. The topological polar surface area (TPSA) is 76.2 Å². The lowest BCUT2D eigenvalue weighted by Gasteiger charge is -2.17. The van der Waals surface area contributed by atoms with Crippen molar-refractivity contribution in [1.29, 1.82) is 0 Å². The SMILES string of the molecule is CSc1nnn(/C(=N/O)C(C)(C)C)n1. The van der Waals surface area contributed by atoms with Crippen LogP contribution in [0.5, 0.6) is 0 Å². The molecule has 78 valence electrons. The van der Waals surface area contributed by atoms with Gasteiger partial charge < -0.3 is 5.21 Å². The highest BCUT2D eigenvalue weighted by Gasteiger charge is 2.24. The maximum absolute atomic E-state index is 8.85. The Morgan fingerprint density at radius 3 is 2.50 bits per heavy atom. The van der Waals surface area contributed by atoms with E-state index in [2.05, 4.69) is 20.6 Å². The van der Waals surface area contributed by atoms with Gasteiger partial charge >= 0.3 is 0 Å². The first-order valence-electron chi connectivity index (χ1n) is 4.06. The zero-order chi connectivity index (χ0) is 10.8. The summed E-state index contributed by atoms with van der Waals surface area (Å²) < 4.78 is 0. The van der Waals surface area contributed by atoms with Crippen molar-refractivity contribution >= 4 is 17.6 Å². The van der Waals surface area contributed by atoms with E-state index < -0.39 is 0 Å². The molecule has 0 saturated heterocycles. The monoisotopic (exact) mass is 215 g/mol. The van der Waals surface area contributed by atoms with Gasteiger partial charge in [0.15, 0.2) is 5.84 Å². The Hall–Kier alpha value is -1.11. The number of hydrogen-bond donors (Lipinski definition) is 1. The predicted molar refractivity (Wildman–Crippen MR) is 53.7 cm³/mol. The Bertz CT molecular complexity index is 340. The van der Waals surface area contributed by atoms with Crippen molar-refractivity contribution in [2.45, 2.75) is 25.9 Å². The van der Waals surface area contributed by atoms with Gasteiger partial charge in [-0.1, -0.05) is 37.7 Å². The van der Waals surface area contributed by atoms with Crippen molar-refractivity contribution in [3.8, 4) is 0 Å². The van der Waals surface area contributed by atoms with Gasteiger partial charge in [-0.25, -0.2) is 0 Å². The molecule has 1 aromatic rings. The van der Waals surface area contributed by atoms with Crippen molar-refractivity contribution in [2.75, 3.05) is 6.26 Å². The van der Waals surface area contributed by atoms with E-state index in [0.29, 0.717) is 11.0 Å². The standard InChI is InChI=1S/C7H13N5OS/c1-7(2,3)5(10-13)12-9-6(14-4)8-11-12/h13H,1-4H3/b10-5+. The fourth-order valence-electron chi connectivity index (χ4n) is 0.863. The van der Waals surface area contributed by atoms with E-state index in [1.165, 1.54) is 16.6 Å². The summed E-state index contributed by atoms with van der Waals surface area (Å²) in [5.74, 6) is 0.366. The van der Waals surface area contributed by atoms with Crippen LogP contribution in [0.2, 0.25) is 0 Å². The summed E-state index contributed by atoms with van der Waals surface area (Å²) in [4.78, 5) is 1.24. The molecule has 0 atom stereocenters. The van der Waals surface area contributed by atoms with Crippen molar-refractivity contribution in [3.05, 3.63) is 0 Å². The summed E-state index contributed by atoms with van der Waals surface area (Å²) in [6.45, 7) is 5.72. The Morgan fingerprint density at radius 1 is 1.50 bits per heavy atom. The molecule has 0 amide bonds. The number of aromatic nitrogens is 4. The number of tetrazole rings is 1. The second kappa shape index (κ2) is 3.95. The molecule has 1 rings (SSSR count). The molecule has 1 N–H and O–H groups in total. The molecule has 0 aromatic carbocycles. The van der Waals surface area contributed by atoms with Gasteiger partial charge in [-0.15, -0.1) is 15.0 Å². The Balaban J connectivity index is 3.03. The van der Waals surface area contributed by atoms with Crippen LogP contribution < -0.4 is 0 Å². The van der Waals surface area contributed by atoms with Gasteiger partial charge in [0, 0.05) is 5.41 Å². The molecule has 0 aliphatic rings. The third-order valence-electron chi connectivity index (χ3n) is 1.53. The summed E-state index contributed by atoms with van der Waals surface area (Å²) >= 11 is 1.39. The summed E-state index contributed by atoms with van der Waals surface area (Å²) in [5, 5.41) is 24.2. The van der Waals surface area contributed by atoms with Crippen LogP contribution in [-0.2, 0) is 0 Å². The number of nitrogens with zero attached hydrogens (tertiary/aromatic N) is 5. The van der Waals surface area contributed by atoms with Crippen molar-refractivity contribution in [3.63, 3.8) is 0 Å². The van der Waals surface area contributed by atoms with E-state index in [0.717, 1.165) is 0 Å². The van der Waals surface area contributed by atoms with E-state index >= 15 is 0 Å². The van der Waals surface area contributed by atoms with Gasteiger partial charge in [0.1, 0.15) is 0 Å². The molecule has 0 unspecified atom stereocenters. The van der Waals surface area contributed by atoms with Gasteiger partial charge in [-0.3, -0.25) is 0 Å². The number of thioether (sulfide) groups is 1. The molecule has 7 heteroatoms. The molecule has 0 spiro atoms. The fraction of sp³-hybridized carbons (Fsp3) is 0.714. The molecule has 1 aromatic heterocycles. The third kappa shape index (κ3) is 2.22. The van der Waals surface area contributed by atoms with Crippen molar-refractivity contribution < 1.29 is 5.21 Å². The zero-order valence-corrected chi connectivity index (χ0v) is 9.41. The fourth-order valence-corrected chi connectivity index (χ4v) is 1.14. The van der Waals surface area contributed by atoms with Crippen molar-refractivity contribution in [2.24, 2.45) is 10.6 Å². The lowest BCUT2D eigenvalue weighted by Crippen LogP contribution is -2.30. The highest BCUT2D eigenvalue weighted by molar-refractivity contribution is 7.98. The summed E-state index contributed by atoms with van der Waals surface area (Å²) in [6.07, 6.45) is 1.86. The average Bonchev–Trinajstić information content (AvgIpc) is 2.51. The molecule has 0 radical (unpaired) electrons. The van der Waals surface area contributed by atoms with E-state index in [4.69, 9.17) is 5.21 Å². The maximum Gasteiger partial charge on any atom is 0.231 e.